The third-order valence-electron chi connectivity index (χ3n) is 4.87. The SMILES string of the molecule is CC1(C)CN(CC2C(N)C(C)(C)OC2(C)C)CC(CO)O1. The first kappa shape index (κ1) is 17.2. The lowest BCUT2D eigenvalue weighted by Crippen LogP contribution is -2.57. The molecular weight excluding hydrogens is 268 g/mol. The molecule has 2 aliphatic rings. The number of aliphatic hydroxyl groups excluding tert-OH is 1. The molecule has 0 spiro atoms. The summed E-state index contributed by atoms with van der Waals surface area (Å²) in [6, 6.07) is 0.00559. The minimum atomic E-state index is -0.299. The highest BCUT2D eigenvalue weighted by Crippen LogP contribution is 2.42. The zero-order valence-electron chi connectivity index (χ0n) is 14.3. The van der Waals surface area contributed by atoms with E-state index < -0.39 is 0 Å². The van der Waals surface area contributed by atoms with Gasteiger partial charge in [-0.05, 0) is 41.5 Å². The van der Waals surface area contributed by atoms with Crippen molar-refractivity contribution in [3.63, 3.8) is 0 Å². The molecule has 5 heteroatoms. The number of hydrogen-bond donors (Lipinski definition) is 2. The summed E-state index contributed by atoms with van der Waals surface area (Å²) in [6.07, 6.45) is -0.122. The molecule has 2 rings (SSSR count). The summed E-state index contributed by atoms with van der Waals surface area (Å²) in [5.41, 5.74) is 5.68. The molecule has 124 valence electrons. The Kier molecular flexibility index (Phi) is 4.46. The average molecular weight is 300 g/mol. The molecule has 0 saturated carbocycles. The highest BCUT2D eigenvalue weighted by molar-refractivity contribution is 5.05. The topological polar surface area (TPSA) is 68.0 Å². The zero-order valence-corrected chi connectivity index (χ0v) is 14.3. The third-order valence-corrected chi connectivity index (χ3v) is 4.87. The van der Waals surface area contributed by atoms with Crippen molar-refractivity contribution in [1.29, 1.82) is 0 Å². The van der Waals surface area contributed by atoms with Gasteiger partial charge in [-0.1, -0.05) is 0 Å². The summed E-state index contributed by atoms with van der Waals surface area (Å²) in [7, 11) is 0. The molecule has 0 aliphatic carbocycles. The second kappa shape index (κ2) is 5.46. The summed E-state index contributed by atoms with van der Waals surface area (Å²) in [6.45, 7) is 15.1. The number of ether oxygens (including phenoxy) is 2. The van der Waals surface area contributed by atoms with E-state index in [1.165, 1.54) is 0 Å². The number of nitrogens with zero attached hydrogens (tertiary/aromatic N) is 1. The Morgan fingerprint density at radius 2 is 1.76 bits per heavy atom. The van der Waals surface area contributed by atoms with Gasteiger partial charge in [-0.25, -0.2) is 0 Å². The fourth-order valence-corrected chi connectivity index (χ4v) is 4.00. The highest BCUT2D eigenvalue weighted by atomic mass is 16.5. The number of rotatable bonds is 3. The van der Waals surface area contributed by atoms with E-state index >= 15 is 0 Å². The highest BCUT2D eigenvalue weighted by Gasteiger charge is 2.52. The first-order chi connectivity index (χ1) is 9.47. The van der Waals surface area contributed by atoms with Crippen LogP contribution in [-0.2, 0) is 9.47 Å². The van der Waals surface area contributed by atoms with Gasteiger partial charge < -0.3 is 20.3 Å². The van der Waals surface area contributed by atoms with Gasteiger partial charge in [-0.15, -0.1) is 0 Å². The molecule has 3 atom stereocenters. The first-order valence-corrected chi connectivity index (χ1v) is 7.94. The van der Waals surface area contributed by atoms with Crippen LogP contribution < -0.4 is 5.73 Å². The molecule has 0 aromatic heterocycles. The summed E-state index contributed by atoms with van der Waals surface area (Å²) in [5.74, 6) is 0.265. The van der Waals surface area contributed by atoms with Crippen LogP contribution >= 0.6 is 0 Å². The smallest absolute Gasteiger partial charge is 0.0940 e. The predicted octanol–water partition coefficient (Wildman–Crippen LogP) is 0.989. The van der Waals surface area contributed by atoms with Crippen LogP contribution in [0.25, 0.3) is 0 Å². The van der Waals surface area contributed by atoms with Gasteiger partial charge in [0.2, 0.25) is 0 Å². The van der Waals surface area contributed by atoms with E-state index in [2.05, 4.69) is 46.4 Å². The van der Waals surface area contributed by atoms with Crippen molar-refractivity contribution in [1.82, 2.24) is 4.90 Å². The van der Waals surface area contributed by atoms with Gasteiger partial charge in [0.05, 0.1) is 29.5 Å². The maximum Gasteiger partial charge on any atom is 0.0940 e. The summed E-state index contributed by atoms with van der Waals surface area (Å²) >= 11 is 0. The van der Waals surface area contributed by atoms with Gasteiger partial charge in [0.1, 0.15) is 0 Å². The lowest BCUT2D eigenvalue weighted by atomic mass is 9.82. The molecule has 2 saturated heterocycles. The minimum absolute atomic E-state index is 0.00559. The second-order valence-electron chi connectivity index (χ2n) is 8.32. The summed E-state index contributed by atoms with van der Waals surface area (Å²) in [4.78, 5) is 2.36. The van der Waals surface area contributed by atoms with Gasteiger partial charge >= 0.3 is 0 Å². The van der Waals surface area contributed by atoms with E-state index in [-0.39, 0.29) is 41.5 Å². The predicted molar refractivity (Wildman–Crippen MR) is 83.2 cm³/mol. The van der Waals surface area contributed by atoms with Crippen LogP contribution in [0.4, 0.5) is 0 Å². The van der Waals surface area contributed by atoms with E-state index in [0.717, 1.165) is 19.6 Å². The molecule has 0 aromatic rings. The molecule has 0 amide bonds. The average Bonchev–Trinajstić information content (AvgIpc) is 2.45. The van der Waals surface area contributed by atoms with E-state index in [0.29, 0.717) is 0 Å². The zero-order chi connectivity index (χ0) is 16.1. The molecular formula is C16H32N2O3. The van der Waals surface area contributed by atoms with Gasteiger partial charge in [0.25, 0.3) is 0 Å². The molecule has 2 aliphatic heterocycles. The summed E-state index contributed by atoms with van der Waals surface area (Å²) in [5, 5.41) is 9.44. The lowest BCUT2D eigenvalue weighted by Gasteiger charge is -2.44. The van der Waals surface area contributed by atoms with Crippen molar-refractivity contribution < 1.29 is 14.6 Å². The molecule has 21 heavy (non-hydrogen) atoms. The lowest BCUT2D eigenvalue weighted by molar-refractivity contribution is -0.154. The maximum absolute atomic E-state index is 9.44. The molecule has 5 nitrogen and oxygen atoms in total. The Bertz CT molecular complexity index is 382. The van der Waals surface area contributed by atoms with E-state index in [9.17, 15) is 5.11 Å². The van der Waals surface area contributed by atoms with Gasteiger partial charge in [-0.2, -0.15) is 0 Å². The Balaban J connectivity index is 2.10. The van der Waals surface area contributed by atoms with Gasteiger partial charge in [0, 0.05) is 31.6 Å². The van der Waals surface area contributed by atoms with Crippen LogP contribution in [0, 0.1) is 5.92 Å². The maximum atomic E-state index is 9.44. The first-order valence-electron chi connectivity index (χ1n) is 7.94. The quantitative estimate of drug-likeness (QED) is 0.813. The number of morpholine rings is 1. The fourth-order valence-electron chi connectivity index (χ4n) is 4.00. The van der Waals surface area contributed by atoms with Gasteiger partial charge in [0.15, 0.2) is 0 Å². The Hall–Kier alpha value is -0.200. The molecule has 0 radical (unpaired) electrons. The van der Waals surface area contributed by atoms with Crippen molar-refractivity contribution in [2.24, 2.45) is 11.7 Å². The fraction of sp³-hybridized carbons (Fsp3) is 1.00. The number of hydrogen-bond acceptors (Lipinski definition) is 5. The van der Waals surface area contributed by atoms with E-state index in [1.54, 1.807) is 0 Å². The van der Waals surface area contributed by atoms with Crippen molar-refractivity contribution in [3.05, 3.63) is 0 Å². The minimum Gasteiger partial charge on any atom is -0.394 e. The normalized spacial score (nSPS) is 38.6. The molecule has 3 unspecified atom stereocenters. The Morgan fingerprint density at radius 3 is 2.24 bits per heavy atom. The number of nitrogens with two attached hydrogens (primary N) is 1. The molecule has 3 N–H and O–H groups in total. The Morgan fingerprint density at radius 1 is 1.14 bits per heavy atom. The number of aliphatic hydroxyl groups is 1. The standard InChI is InChI=1S/C16H32N2O3/c1-14(2)10-18(7-11(9-19)20-14)8-12-13(17)16(5,6)21-15(12,3)4/h11-13,19H,7-10,17H2,1-6H3. The molecule has 2 fully saturated rings. The second-order valence-corrected chi connectivity index (χ2v) is 8.32. The van der Waals surface area contributed by atoms with Crippen LogP contribution in [0.2, 0.25) is 0 Å². The third kappa shape index (κ3) is 3.59. The van der Waals surface area contributed by atoms with Gasteiger partial charge in [-0.3, -0.25) is 4.90 Å². The van der Waals surface area contributed by atoms with Crippen molar-refractivity contribution in [2.75, 3.05) is 26.2 Å². The summed E-state index contributed by atoms with van der Waals surface area (Å²) < 4.78 is 12.1. The Labute approximate surface area is 128 Å². The van der Waals surface area contributed by atoms with Crippen LogP contribution in [0.1, 0.15) is 41.5 Å². The van der Waals surface area contributed by atoms with E-state index in [1.807, 2.05) is 0 Å². The van der Waals surface area contributed by atoms with E-state index in [4.69, 9.17) is 15.2 Å². The van der Waals surface area contributed by atoms with Crippen molar-refractivity contribution >= 4 is 0 Å². The van der Waals surface area contributed by atoms with Crippen LogP contribution in [0.5, 0.6) is 0 Å². The monoisotopic (exact) mass is 300 g/mol. The molecule has 0 bridgehead atoms. The van der Waals surface area contributed by atoms with Crippen LogP contribution in [0.3, 0.4) is 0 Å². The van der Waals surface area contributed by atoms with Crippen molar-refractivity contribution in [3.8, 4) is 0 Å². The van der Waals surface area contributed by atoms with Crippen LogP contribution in [-0.4, -0.2) is 65.2 Å². The van der Waals surface area contributed by atoms with Crippen LogP contribution in [0.15, 0.2) is 0 Å². The molecule has 2 heterocycles. The van der Waals surface area contributed by atoms with Crippen molar-refractivity contribution in [2.45, 2.75) is 70.5 Å². The molecule has 0 aromatic carbocycles. The largest absolute Gasteiger partial charge is 0.394 e.